The van der Waals surface area contributed by atoms with Crippen LogP contribution in [0.4, 0.5) is 4.39 Å². The molecule has 1 aromatic rings. The van der Waals surface area contributed by atoms with Crippen LogP contribution in [0.2, 0.25) is 0 Å². The average molecular weight is 249 g/mol. The Morgan fingerprint density at radius 1 is 1.28 bits per heavy atom. The Labute approximate surface area is 108 Å². The molecule has 1 saturated carbocycles. The minimum Gasteiger partial charge on any atom is -0.301 e. The quantitative estimate of drug-likeness (QED) is 0.817. The third-order valence-electron chi connectivity index (χ3n) is 3.58. The van der Waals surface area contributed by atoms with Crippen LogP contribution in [0.25, 0.3) is 0 Å². The van der Waals surface area contributed by atoms with Gasteiger partial charge >= 0.3 is 0 Å². The van der Waals surface area contributed by atoms with Gasteiger partial charge in [0.15, 0.2) is 0 Å². The van der Waals surface area contributed by atoms with Crippen LogP contribution in [0, 0.1) is 11.7 Å². The highest BCUT2D eigenvalue weighted by atomic mass is 19.1. The molecule has 1 fully saturated rings. The van der Waals surface area contributed by atoms with E-state index in [0.717, 1.165) is 37.9 Å². The van der Waals surface area contributed by atoms with Crippen LogP contribution in [0.5, 0.6) is 0 Å². The summed E-state index contributed by atoms with van der Waals surface area (Å²) in [5.41, 5.74) is 1.09. The summed E-state index contributed by atoms with van der Waals surface area (Å²) in [5, 5.41) is 0. The van der Waals surface area contributed by atoms with E-state index >= 15 is 0 Å². The summed E-state index contributed by atoms with van der Waals surface area (Å²) in [5.74, 6) is 0.403. The first kappa shape index (κ1) is 13.2. The second-order valence-corrected chi connectivity index (χ2v) is 5.23. The summed E-state index contributed by atoms with van der Waals surface area (Å²) < 4.78 is 12.8. The van der Waals surface area contributed by atoms with Crippen LogP contribution in [-0.2, 0) is 11.3 Å². The molecule has 1 aliphatic rings. The summed E-state index contributed by atoms with van der Waals surface area (Å²) in [6.07, 6.45) is 3.99. The molecule has 0 aliphatic heterocycles. The van der Waals surface area contributed by atoms with Crippen LogP contribution in [0.1, 0.15) is 31.2 Å². The SMILES string of the molecule is CN(Cc1ccc(F)cc1)CC1CCCCC1=O. The van der Waals surface area contributed by atoms with Gasteiger partial charge in [0, 0.05) is 25.4 Å². The molecule has 0 aromatic heterocycles. The third kappa shape index (κ3) is 3.64. The molecule has 18 heavy (non-hydrogen) atoms. The maximum atomic E-state index is 12.8. The van der Waals surface area contributed by atoms with E-state index in [0.29, 0.717) is 5.78 Å². The Balaban J connectivity index is 1.86. The fourth-order valence-electron chi connectivity index (χ4n) is 2.59. The minimum atomic E-state index is -0.205. The Morgan fingerprint density at radius 3 is 2.67 bits per heavy atom. The summed E-state index contributed by atoms with van der Waals surface area (Å²) in [4.78, 5) is 13.9. The van der Waals surface area contributed by atoms with E-state index < -0.39 is 0 Å². The second-order valence-electron chi connectivity index (χ2n) is 5.23. The Kier molecular flexibility index (Phi) is 4.48. The lowest BCUT2D eigenvalue weighted by Crippen LogP contribution is -2.32. The number of ketones is 1. The van der Waals surface area contributed by atoms with Gasteiger partial charge < -0.3 is 4.90 Å². The van der Waals surface area contributed by atoms with Crippen LogP contribution in [-0.4, -0.2) is 24.3 Å². The number of rotatable bonds is 4. The third-order valence-corrected chi connectivity index (χ3v) is 3.58. The first-order valence-electron chi connectivity index (χ1n) is 6.61. The highest BCUT2D eigenvalue weighted by molar-refractivity contribution is 5.81. The van der Waals surface area contributed by atoms with Crippen molar-refractivity contribution in [2.45, 2.75) is 32.2 Å². The summed E-state index contributed by atoms with van der Waals surface area (Å²) >= 11 is 0. The highest BCUT2D eigenvalue weighted by Gasteiger charge is 2.23. The van der Waals surface area contributed by atoms with Crippen molar-refractivity contribution in [3.8, 4) is 0 Å². The van der Waals surface area contributed by atoms with Gasteiger partial charge in [0.05, 0.1) is 0 Å². The van der Waals surface area contributed by atoms with Gasteiger partial charge in [-0.1, -0.05) is 18.6 Å². The molecular weight excluding hydrogens is 229 g/mol. The lowest BCUT2D eigenvalue weighted by atomic mass is 9.87. The van der Waals surface area contributed by atoms with Crippen molar-refractivity contribution in [1.82, 2.24) is 4.90 Å². The van der Waals surface area contributed by atoms with Gasteiger partial charge in [0.1, 0.15) is 11.6 Å². The maximum Gasteiger partial charge on any atom is 0.137 e. The van der Waals surface area contributed by atoms with Crippen molar-refractivity contribution in [2.24, 2.45) is 5.92 Å². The number of Topliss-reactive ketones (excluding diaryl/α,β-unsaturated/α-hetero) is 1. The molecular formula is C15H20FNO. The van der Waals surface area contributed by atoms with Gasteiger partial charge in [-0.2, -0.15) is 0 Å². The molecule has 2 rings (SSSR count). The number of hydrogen-bond donors (Lipinski definition) is 0. The molecule has 0 heterocycles. The molecule has 0 amide bonds. The Morgan fingerprint density at radius 2 is 2.00 bits per heavy atom. The first-order chi connectivity index (χ1) is 8.65. The number of carbonyl (C=O) groups excluding carboxylic acids is 1. The first-order valence-corrected chi connectivity index (χ1v) is 6.61. The van der Waals surface area contributed by atoms with Gasteiger partial charge in [-0.3, -0.25) is 4.79 Å². The van der Waals surface area contributed by atoms with Gasteiger partial charge in [-0.05, 0) is 37.6 Å². The predicted octanol–water partition coefficient (Wildman–Crippen LogP) is 3.02. The van der Waals surface area contributed by atoms with Crippen molar-refractivity contribution < 1.29 is 9.18 Å². The van der Waals surface area contributed by atoms with Crippen molar-refractivity contribution in [3.63, 3.8) is 0 Å². The molecule has 0 spiro atoms. The van der Waals surface area contributed by atoms with Crippen LogP contribution in [0.15, 0.2) is 24.3 Å². The molecule has 1 aliphatic carbocycles. The predicted molar refractivity (Wildman–Crippen MR) is 69.7 cm³/mol. The van der Waals surface area contributed by atoms with Crippen molar-refractivity contribution in [1.29, 1.82) is 0 Å². The number of carbonyl (C=O) groups is 1. The maximum absolute atomic E-state index is 12.8. The monoisotopic (exact) mass is 249 g/mol. The van der Waals surface area contributed by atoms with Crippen molar-refractivity contribution >= 4 is 5.78 Å². The fourth-order valence-corrected chi connectivity index (χ4v) is 2.59. The van der Waals surface area contributed by atoms with Crippen LogP contribution >= 0.6 is 0 Å². The number of hydrogen-bond acceptors (Lipinski definition) is 2. The largest absolute Gasteiger partial charge is 0.301 e. The lowest BCUT2D eigenvalue weighted by molar-refractivity contribution is -0.125. The van der Waals surface area contributed by atoms with Gasteiger partial charge in [-0.15, -0.1) is 0 Å². The molecule has 3 heteroatoms. The molecule has 0 saturated heterocycles. The minimum absolute atomic E-state index is 0.198. The number of benzene rings is 1. The second kappa shape index (κ2) is 6.10. The molecule has 0 N–H and O–H groups in total. The van der Waals surface area contributed by atoms with E-state index in [9.17, 15) is 9.18 Å². The zero-order valence-electron chi connectivity index (χ0n) is 10.9. The zero-order valence-corrected chi connectivity index (χ0v) is 10.9. The van der Waals surface area contributed by atoms with Gasteiger partial charge in [0.25, 0.3) is 0 Å². The average Bonchev–Trinajstić information content (AvgIpc) is 2.35. The topological polar surface area (TPSA) is 20.3 Å². The van der Waals surface area contributed by atoms with E-state index in [4.69, 9.17) is 0 Å². The van der Waals surface area contributed by atoms with E-state index in [1.54, 1.807) is 12.1 Å². The summed E-state index contributed by atoms with van der Waals surface area (Å²) in [6.45, 7) is 1.58. The molecule has 1 unspecified atom stereocenters. The highest BCUT2D eigenvalue weighted by Crippen LogP contribution is 2.21. The molecule has 0 bridgehead atoms. The molecule has 1 aromatic carbocycles. The standard InChI is InChI=1S/C15H20FNO/c1-17(10-12-6-8-14(16)9-7-12)11-13-4-2-3-5-15(13)18/h6-9,13H,2-5,10-11H2,1H3. The van der Waals surface area contributed by atoms with E-state index in [1.165, 1.54) is 18.6 Å². The van der Waals surface area contributed by atoms with Crippen LogP contribution in [0.3, 0.4) is 0 Å². The van der Waals surface area contributed by atoms with E-state index in [-0.39, 0.29) is 11.7 Å². The lowest BCUT2D eigenvalue weighted by Gasteiger charge is -2.26. The molecule has 98 valence electrons. The van der Waals surface area contributed by atoms with E-state index in [2.05, 4.69) is 4.90 Å². The van der Waals surface area contributed by atoms with Crippen molar-refractivity contribution in [3.05, 3.63) is 35.6 Å². The number of nitrogens with zero attached hydrogens (tertiary/aromatic N) is 1. The summed E-state index contributed by atoms with van der Waals surface area (Å²) in [6, 6.07) is 6.56. The number of halogens is 1. The molecule has 1 atom stereocenters. The molecule has 2 nitrogen and oxygen atoms in total. The Hall–Kier alpha value is -1.22. The fraction of sp³-hybridized carbons (Fsp3) is 0.533. The summed E-state index contributed by atoms with van der Waals surface area (Å²) in [7, 11) is 2.02. The zero-order chi connectivity index (χ0) is 13.0. The van der Waals surface area contributed by atoms with Gasteiger partial charge in [-0.25, -0.2) is 4.39 Å². The van der Waals surface area contributed by atoms with E-state index in [1.807, 2.05) is 7.05 Å². The normalized spacial score (nSPS) is 20.4. The van der Waals surface area contributed by atoms with Gasteiger partial charge in [0.2, 0.25) is 0 Å². The smallest absolute Gasteiger partial charge is 0.137 e. The molecule has 0 radical (unpaired) electrons. The van der Waals surface area contributed by atoms with Crippen LogP contribution < -0.4 is 0 Å². The van der Waals surface area contributed by atoms with Crippen molar-refractivity contribution in [2.75, 3.05) is 13.6 Å². The Bertz CT molecular complexity index is 401.